The second-order valence-electron chi connectivity index (χ2n) is 5.74. The lowest BCUT2D eigenvalue weighted by Crippen LogP contribution is -2.29. The van der Waals surface area contributed by atoms with Crippen LogP contribution >= 0.6 is 0 Å². The normalized spacial score (nSPS) is 19.3. The summed E-state index contributed by atoms with van der Waals surface area (Å²) < 4.78 is 0. The topological polar surface area (TPSA) is 20.3 Å². The number of nitrogens with zero attached hydrogens (tertiary/aromatic N) is 1. The second kappa shape index (κ2) is 6.57. The molecule has 1 aliphatic heterocycles. The van der Waals surface area contributed by atoms with Gasteiger partial charge in [-0.1, -0.05) is 60.7 Å². The van der Waals surface area contributed by atoms with E-state index in [1.807, 2.05) is 29.2 Å². The average molecular weight is 279 g/mol. The molecule has 1 amide bonds. The van der Waals surface area contributed by atoms with Gasteiger partial charge in [-0.05, 0) is 29.9 Å². The summed E-state index contributed by atoms with van der Waals surface area (Å²) in [5, 5.41) is 0. The van der Waals surface area contributed by atoms with Gasteiger partial charge in [-0.15, -0.1) is 0 Å². The van der Waals surface area contributed by atoms with Crippen molar-refractivity contribution >= 4 is 5.91 Å². The standard InChI is InChI=1S/C19H21NO/c21-19-12-11-18(17-9-5-2-6-10-17)13-14-20(19)15-16-7-3-1-4-8-16/h1-10,18H,11-15H2. The number of benzene rings is 2. The van der Waals surface area contributed by atoms with E-state index in [9.17, 15) is 4.79 Å². The van der Waals surface area contributed by atoms with Crippen molar-refractivity contribution in [2.24, 2.45) is 0 Å². The molecule has 0 radical (unpaired) electrons. The third-order valence-electron chi connectivity index (χ3n) is 4.29. The van der Waals surface area contributed by atoms with Crippen molar-refractivity contribution in [3.05, 3.63) is 71.8 Å². The summed E-state index contributed by atoms with van der Waals surface area (Å²) in [5.41, 5.74) is 2.58. The molecule has 2 aromatic carbocycles. The zero-order chi connectivity index (χ0) is 14.5. The fourth-order valence-electron chi connectivity index (χ4n) is 3.07. The molecule has 0 spiro atoms. The van der Waals surface area contributed by atoms with Gasteiger partial charge in [0, 0.05) is 19.5 Å². The molecule has 1 atom stereocenters. The third kappa shape index (κ3) is 3.52. The van der Waals surface area contributed by atoms with E-state index in [4.69, 9.17) is 0 Å². The third-order valence-corrected chi connectivity index (χ3v) is 4.29. The van der Waals surface area contributed by atoms with E-state index in [-0.39, 0.29) is 5.91 Å². The summed E-state index contributed by atoms with van der Waals surface area (Å²) in [6.45, 7) is 1.59. The van der Waals surface area contributed by atoms with Crippen molar-refractivity contribution in [2.75, 3.05) is 6.54 Å². The molecular formula is C19H21NO. The van der Waals surface area contributed by atoms with E-state index in [2.05, 4.69) is 36.4 Å². The van der Waals surface area contributed by atoms with Crippen LogP contribution in [0.4, 0.5) is 0 Å². The van der Waals surface area contributed by atoms with Gasteiger partial charge in [-0.25, -0.2) is 0 Å². The molecule has 0 N–H and O–H groups in total. The minimum Gasteiger partial charge on any atom is -0.338 e. The van der Waals surface area contributed by atoms with Crippen LogP contribution in [0, 0.1) is 0 Å². The Morgan fingerprint density at radius 3 is 2.29 bits per heavy atom. The van der Waals surface area contributed by atoms with E-state index in [0.717, 1.165) is 25.9 Å². The second-order valence-corrected chi connectivity index (χ2v) is 5.74. The van der Waals surface area contributed by atoms with Gasteiger partial charge in [0.05, 0.1) is 0 Å². The summed E-state index contributed by atoms with van der Waals surface area (Å²) >= 11 is 0. The molecule has 0 aliphatic carbocycles. The van der Waals surface area contributed by atoms with Gasteiger partial charge in [-0.2, -0.15) is 0 Å². The molecule has 2 heteroatoms. The van der Waals surface area contributed by atoms with Crippen LogP contribution in [0.25, 0.3) is 0 Å². The minimum atomic E-state index is 0.289. The Morgan fingerprint density at radius 2 is 1.57 bits per heavy atom. The molecule has 0 saturated carbocycles. The van der Waals surface area contributed by atoms with Crippen molar-refractivity contribution in [1.82, 2.24) is 4.90 Å². The van der Waals surface area contributed by atoms with Crippen LogP contribution in [0.2, 0.25) is 0 Å². The summed E-state index contributed by atoms with van der Waals surface area (Å²) in [4.78, 5) is 14.3. The first-order chi connectivity index (χ1) is 10.3. The van der Waals surface area contributed by atoms with Crippen molar-refractivity contribution in [1.29, 1.82) is 0 Å². The van der Waals surface area contributed by atoms with Gasteiger partial charge >= 0.3 is 0 Å². The molecule has 3 rings (SSSR count). The summed E-state index contributed by atoms with van der Waals surface area (Å²) in [5.74, 6) is 0.799. The molecule has 1 aliphatic rings. The molecule has 0 aromatic heterocycles. The van der Waals surface area contributed by atoms with Gasteiger partial charge in [0.15, 0.2) is 0 Å². The van der Waals surface area contributed by atoms with Gasteiger partial charge < -0.3 is 4.90 Å². The van der Waals surface area contributed by atoms with Crippen molar-refractivity contribution in [2.45, 2.75) is 31.7 Å². The van der Waals surface area contributed by atoms with E-state index in [1.54, 1.807) is 0 Å². The lowest BCUT2D eigenvalue weighted by atomic mass is 9.92. The van der Waals surface area contributed by atoms with Crippen molar-refractivity contribution in [3.8, 4) is 0 Å². The summed E-state index contributed by atoms with van der Waals surface area (Å²) in [6.07, 6.45) is 2.68. The van der Waals surface area contributed by atoms with Crippen molar-refractivity contribution in [3.63, 3.8) is 0 Å². The van der Waals surface area contributed by atoms with Crippen LogP contribution in [0.3, 0.4) is 0 Å². The predicted octanol–water partition coefficient (Wildman–Crippen LogP) is 3.98. The average Bonchev–Trinajstić information content (AvgIpc) is 2.72. The zero-order valence-electron chi connectivity index (χ0n) is 12.2. The van der Waals surface area contributed by atoms with Crippen LogP contribution in [0.15, 0.2) is 60.7 Å². The molecule has 2 nitrogen and oxygen atoms in total. The van der Waals surface area contributed by atoms with E-state index >= 15 is 0 Å². The molecule has 1 heterocycles. The first-order valence-corrected chi connectivity index (χ1v) is 7.69. The fraction of sp³-hybridized carbons (Fsp3) is 0.316. The number of carbonyl (C=O) groups excluding carboxylic acids is 1. The van der Waals surface area contributed by atoms with Crippen LogP contribution in [0.5, 0.6) is 0 Å². The molecule has 21 heavy (non-hydrogen) atoms. The Bertz CT molecular complexity index is 579. The molecule has 1 fully saturated rings. The molecule has 0 bridgehead atoms. The molecular weight excluding hydrogens is 258 g/mol. The quantitative estimate of drug-likeness (QED) is 0.832. The minimum absolute atomic E-state index is 0.289. The highest BCUT2D eigenvalue weighted by atomic mass is 16.2. The highest BCUT2D eigenvalue weighted by Crippen LogP contribution is 2.28. The first-order valence-electron chi connectivity index (χ1n) is 7.69. The molecule has 108 valence electrons. The predicted molar refractivity (Wildman–Crippen MR) is 84.9 cm³/mol. The van der Waals surface area contributed by atoms with Crippen LogP contribution in [-0.4, -0.2) is 17.4 Å². The highest BCUT2D eigenvalue weighted by Gasteiger charge is 2.23. The Kier molecular flexibility index (Phi) is 4.34. The van der Waals surface area contributed by atoms with Crippen LogP contribution < -0.4 is 0 Å². The van der Waals surface area contributed by atoms with Gasteiger partial charge in [0.2, 0.25) is 5.91 Å². The van der Waals surface area contributed by atoms with E-state index < -0.39 is 0 Å². The number of rotatable bonds is 3. The summed E-state index contributed by atoms with van der Waals surface area (Å²) in [6, 6.07) is 20.8. The zero-order valence-corrected chi connectivity index (χ0v) is 12.2. The van der Waals surface area contributed by atoms with Crippen molar-refractivity contribution < 1.29 is 4.79 Å². The van der Waals surface area contributed by atoms with Gasteiger partial charge in [0.25, 0.3) is 0 Å². The van der Waals surface area contributed by atoms with Crippen LogP contribution in [-0.2, 0) is 11.3 Å². The Hall–Kier alpha value is -2.09. The van der Waals surface area contributed by atoms with Gasteiger partial charge in [-0.3, -0.25) is 4.79 Å². The van der Waals surface area contributed by atoms with E-state index in [1.165, 1.54) is 11.1 Å². The maximum Gasteiger partial charge on any atom is 0.222 e. The Balaban J connectivity index is 1.67. The maximum atomic E-state index is 12.3. The first kappa shape index (κ1) is 13.9. The molecule has 2 aromatic rings. The molecule has 1 unspecified atom stereocenters. The number of hydrogen-bond donors (Lipinski definition) is 0. The summed E-state index contributed by atoms with van der Waals surface area (Å²) in [7, 11) is 0. The molecule has 1 saturated heterocycles. The smallest absolute Gasteiger partial charge is 0.222 e. The van der Waals surface area contributed by atoms with Crippen LogP contribution in [0.1, 0.15) is 36.3 Å². The number of amides is 1. The largest absolute Gasteiger partial charge is 0.338 e. The Labute approximate surface area is 126 Å². The number of hydrogen-bond acceptors (Lipinski definition) is 1. The number of carbonyl (C=O) groups is 1. The lowest BCUT2D eigenvalue weighted by Gasteiger charge is -2.21. The monoisotopic (exact) mass is 279 g/mol. The number of likely N-dealkylation sites (tertiary alicyclic amines) is 1. The van der Waals surface area contributed by atoms with E-state index in [0.29, 0.717) is 12.3 Å². The highest BCUT2D eigenvalue weighted by molar-refractivity contribution is 5.76. The Morgan fingerprint density at radius 1 is 0.905 bits per heavy atom. The lowest BCUT2D eigenvalue weighted by molar-refractivity contribution is -0.131. The fourth-order valence-corrected chi connectivity index (χ4v) is 3.07. The maximum absolute atomic E-state index is 12.3. The van der Waals surface area contributed by atoms with Gasteiger partial charge in [0.1, 0.15) is 0 Å². The SMILES string of the molecule is O=C1CCC(c2ccccc2)CCN1Cc1ccccc1.